The Kier molecular flexibility index (Phi) is 4.70. The van der Waals surface area contributed by atoms with E-state index in [2.05, 4.69) is 20.3 Å². The highest BCUT2D eigenvalue weighted by molar-refractivity contribution is 5.81. The number of nitrogen functional groups attached to an aromatic ring is 1. The third kappa shape index (κ3) is 3.35. The monoisotopic (exact) mass is 374 g/mol. The second kappa shape index (κ2) is 7.16. The highest BCUT2D eigenvalue weighted by atomic mass is 19.1. The van der Waals surface area contributed by atoms with Crippen molar-refractivity contribution in [3.05, 3.63) is 48.3 Å². The molecule has 3 aromatic rings. The number of aliphatic hydroxyl groups is 2. The molecule has 10 heteroatoms. The maximum absolute atomic E-state index is 12.9. The number of nitrogens with zero attached hydrogens (tertiary/aromatic N) is 4. The normalized spacial score (nSPS) is 25.3. The second-order valence-corrected chi connectivity index (χ2v) is 6.39. The van der Waals surface area contributed by atoms with Crippen LogP contribution < -0.4 is 11.1 Å². The minimum atomic E-state index is -1.16. The molecule has 0 saturated carbocycles. The molecule has 0 radical (unpaired) electrons. The Morgan fingerprint density at radius 1 is 1.15 bits per heavy atom. The number of aromatic nitrogens is 4. The Balaban J connectivity index is 1.44. The number of hydrogen-bond acceptors (Lipinski definition) is 8. The maximum atomic E-state index is 12.9. The molecule has 3 heterocycles. The van der Waals surface area contributed by atoms with Crippen molar-refractivity contribution in [2.45, 2.75) is 31.1 Å². The fraction of sp³-hybridized carbons (Fsp3) is 0.353. The van der Waals surface area contributed by atoms with Crippen molar-refractivity contribution in [1.82, 2.24) is 24.8 Å². The molecule has 0 aliphatic carbocycles. The average molecular weight is 374 g/mol. The van der Waals surface area contributed by atoms with Gasteiger partial charge in [-0.1, -0.05) is 12.1 Å². The maximum Gasteiger partial charge on any atom is 0.167 e. The predicted molar refractivity (Wildman–Crippen MR) is 93.8 cm³/mol. The Hall–Kier alpha value is -2.66. The number of ether oxygens (including phenoxy) is 1. The highest BCUT2D eigenvalue weighted by Gasteiger charge is 2.44. The number of benzene rings is 1. The van der Waals surface area contributed by atoms with E-state index in [1.807, 2.05) is 0 Å². The molecule has 0 unspecified atom stereocenters. The van der Waals surface area contributed by atoms with Crippen LogP contribution in [0.2, 0.25) is 0 Å². The van der Waals surface area contributed by atoms with Gasteiger partial charge in [-0.15, -0.1) is 0 Å². The van der Waals surface area contributed by atoms with Gasteiger partial charge in [0.05, 0.1) is 6.33 Å². The lowest BCUT2D eigenvalue weighted by Crippen LogP contribution is -2.37. The third-order valence-electron chi connectivity index (χ3n) is 4.59. The van der Waals surface area contributed by atoms with Crippen molar-refractivity contribution in [2.24, 2.45) is 0 Å². The minimum Gasteiger partial charge on any atom is -0.387 e. The number of halogens is 1. The van der Waals surface area contributed by atoms with Crippen LogP contribution in [0.3, 0.4) is 0 Å². The standard InChI is InChI=1S/C17H19FN6O3/c18-10-3-1-9(2-4-10)5-20-6-11-13(25)14(26)17(27-11)24-8-23-12-15(19)21-7-22-16(12)24/h1-4,7-8,11,13-14,17,20,25-26H,5-6H2,(H2,19,21,22)/t11-,13-,14-,17-/m1/s1. The molecule has 1 saturated heterocycles. The molecule has 1 aromatic carbocycles. The van der Waals surface area contributed by atoms with Crippen LogP contribution in [0, 0.1) is 5.82 Å². The van der Waals surface area contributed by atoms with Crippen molar-refractivity contribution in [2.75, 3.05) is 12.3 Å². The van der Waals surface area contributed by atoms with Crippen LogP contribution in [-0.2, 0) is 11.3 Å². The summed E-state index contributed by atoms with van der Waals surface area (Å²) in [6, 6.07) is 6.12. The zero-order valence-corrected chi connectivity index (χ0v) is 14.2. The van der Waals surface area contributed by atoms with Gasteiger partial charge in [0.15, 0.2) is 17.7 Å². The van der Waals surface area contributed by atoms with Gasteiger partial charge < -0.3 is 26.0 Å². The molecule has 9 nitrogen and oxygen atoms in total. The summed E-state index contributed by atoms with van der Waals surface area (Å²) in [5, 5.41) is 23.9. The van der Waals surface area contributed by atoms with E-state index in [0.29, 0.717) is 24.3 Å². The molecule has 4 atom stereocenters. The first-order chi connectivity index (χ1) is 13.0. The SMILES string of the molecule is Nc1ncnc2c1ncn2[C@@H]1O[C@H](CNCc2ccc(F)cc2)[C@@H](O)[C@H]1O. The van der Waals surface area contributed by atoms with E-state index in [9.17, 15) is 14.6 Å². The average Bonchev–Trinajstić information content (AvgIpc) is 3.21. The molecule has 1 fully saturated rings. The zero-order chi connectivity index (χ0) is 19.0. The van der Waals surface area contributed by atoms with E-state index >= 15 is 0 Å². The number of rotatable bonds is 5. The van der Waals surface area contributed by atoms with E-state index in [0.717, 1.165) is 5.56 Å². The smallest absolute Gasteiger partial charge is 0.167 e. The molecular formula is C17H19FN6O3. The lowest BCUT2D eigenvalue weighted by Gasteiger charge is -2.16. The van der Waals surface area contributed by atoms with Crippen molar-refractivity contribution < 1.29 is 19.3 Å². The predicted octanol–water partition coefficient (Wildman–Crippen LogP) is -0.0434. The van der Waals surface area contributed by atoms with E-state index in [1.165, 1.54) is 29.4 Å². The zero-order valence-electron chi connectivity index (χ0n) is 14.2. The van der Waals surface area contributed by atoms with Gasteiger partial charge in [0.1, 0.15) is 36.0 Å². The first-order valence-electron chi connectivity index (χ1n) is 8.44. The van der Waals surface area contributed by atoms with Gasteiger partial charge >= 0.3 is 0 Å². The quantitative estimate of drug-likeness (QED) is 0.489. The molecule has 5 N–H and O–H groups in total. The van der Waals surface area contributed by atoms with Crippen LogP contribution in [0.25, 0.3) is 11.2 Å². The van der Waals surface area contributed by atoms with Crippen LogP contribution in [0.15, 0.2) is 36.9 Å². The van der Waals surface area contributed by atoms with Crippen LogP contribution >= 0.6 is 0 Å². The lowest BCUT2D eigenvalue weighted by molar-refractivity contribution is -0.0342. The van der Waals surface area contributed by atoms with Crippen molar-refractivity contribution in [3.8, 4) is 0 Å². The number of aliphatic hydroxyl groups excluding tert-OH is 2. The number of nitrogens with one attached hydrogen (secondary N) is 1. The number of imidazole rings is 1. The number of anilines is 1. The van der Waals surface area contributed by atoms with Crippen molar-refractivity contribution >= 4 is 17.0 Å². The Bertz CT molecular complexity index is 934. The van der Waals surface area contributed by atoms with Gasteiger partial charge in [0.2, 0.25) is 0 Å². The Morgan fingerprint density at radius 3 is 2.70 bits per heavy atom. The highest BCUT2D eigenvalue weighted by Crippen LogP contribution is 2.31. The van der Waals surface area contributed by atoms with Crippen LogP contribution in [0.4, 0.5) is 10.2 Å². The molecule has 0 bridgehead atoms. The first-order valence-corrected chi connectivity index (χ1v) is 8.44. The summed E-state index contributed by atoms with van der Waals surface area (Å²) in [6.45, 7) is 0.779. The van der Waals surface area contributed by atoms with E-state index in [1.54, 1.807) is 12.1 Å². The summed E-state index contributed by atoms with van der Waals surface area (Å²) in [4.78, 5) is 12.2. The van der Waals surface area contributed by atoms with Gasteiger partial charge in [0.25, 0.3) is 0 Å². The summed E-state index contributed by atoms with van der Waals surface area (Å²) in [5.74, 6) is -0.0689. The fourth-order valence-corrected chi connectivity index (χ4v) is 3.14. The minimum absolute atomic E-state index is 0.226. The molecule has 0 amide bonds. The van der Waals surface area contributed by atoms with Gasteiger partial charge in [0, 0.05) is 13.1 Å². The molecule has 1 aliphatic heterocycles. The Morgan fingerprint density at radius 2 is 1.93 bits per heavy atom. The summed E-state index contributed by atoms with van der Waals surface area (Å²) >= 11 is 0. The van der Waals surface area contributed by atoms with Gasteiger partial charge in [-0.2, -0.15) is 0 Å². The molecule has 4 rings (SSSR count). The molecule has 1 aliphatic rings. The summed E-state index contributed by atoms with van der Waals surface area (Å²) < 4.78 is 20.3. The number of hydrogen-bond donors (Lipinski definition) is 4. The van der Waals surface area contributed by atoms with Crippen molar-refractivity contribution in [1.29, 1.82) is 0 Å². The molecule has 27 heavy (non-hydrogen) atoms. The largest absolute Gasteiger partial charge is 0.387 e. The first kappa shape index (κ1) is 17.7. The second-order valence-electron chi connectivity index (χ2n) is 6.39. The third-order valence-corrected chi connectivity index (χ3v) is 4.59. The summed E-state index contributed by atoms with van der Waals surface area (Å²) in [6.07, 6.45) is -0.984. The number of fused-ring (bicyclic) bond motifs is 1. The van der Waals surface area contributed by atoms with E-state index in [-0.39, 0.29) is 11.6 Å². The molecule has 0 spiro atoms. The Labute approximate surface area is 153 Å². The molecule has 142 valence electrons. The van der Waals surface area contributed by atoms with Gasteiger partial charge in [-0.3, -0.25) is 4.57 Å². The summed E-state index contributed by atoms with van der Waals surface area (Å²) in [7, 11) is 0. The van der Waals surface area contributed by atoms with Gasteiger partial charge in [-0.05, 0) is 17.7 Å². The molecule has 2 aromatic heterocycles. The van der Waals surface area contributed by atoms with Crippen LogP contribution in [-0.4, -0.2) is 54.6 Å². The van der Waals surface area contributed by atoms with Crippen molar-refractivity contribution in [3.63, 3.8) is 0 Å². The lowest BCUT2D eigenvalue weighted by atomic mass is 10.1. The fourth-order valence-electron chi connectivity index (χ4n) is 3.14. The van der Waals surface area contributed by atoms with Gasteiger partial charge in [-0.25, -0.2) is 19.3 Å². The number of nitrogens with two attached hydrogens (primary N) is 1. The topological polar surface area (TPSA) is 131 Å². The summed E-state index contributed by atoms with van der Waals surface area (Å²) in [5.41, 5.74) is 7.49. The molecular weight excluding hydrogens is 355 g/mol. The van der Waals surface area contributed by atoms with E-state index in [4.69, 9.17) is 10.5 Å². The van der Waals surface area contributed by atoms with E-state index < -0.39 is 24.5 Å². The van der Waals surface area contributed by atoms with Crippen LogP contribution in [0.5, 0.6) is 0 Å². The van der Waals surface area contributed by atoms with Crippen LogP contribution in [0.1, 0.15) is 11.8 Å².